The summed E-state index contributed by atoms with van der Waals surface area (Å²) in [6.07, 6.45) is 0. The Hall–Kier alpha value is -0.160. The molecule has 0 radical (unpaired) electrons. The van der Waals surface area contributed by atoms with Crippen LogP contribution in [0.25, 0.3) is 0 Å². The third-order valence-corrected chi connectivity index (χ3v) is 2.25. The van der Waals surface area contributed by atoms with Crippen LogP contribution in [0.15, 0.2) is 0 Å². The lowest BCUT2D eigenvalue weighted by molar-refractivity contribution is 0.0491. The molecule has 0 bridgehead atoms. The van der Waals surface area contributed by atoms with Crippen LogP contribution in [-0.2, 0) is 9.47 Å². The Balaban J connectivity index is 3.04. The van der Waals surface area contributed by atoms with E-state index in [0.29, 0.717) is 24.7 Å². The van der Waals surface area contributed by atoms with Crippen molar-refractivity contribution in [2.75, 3.05) is 46.1 Å². The molecule has 0 spiro atoms. The number of rotatable bonds is 11. The third-order valence-electron chi connectivity index (χ3n) is 2.25. The molecule has 4 nitrogen and oxygen atoms in total. The number of nitrogens with one attached hydrogen (secondary N) is 2. The minimum absolute atomic E-state index is 0.340. The summed E-state index contributed by atoms with van der Waals surface area (Å²) in [6.45, 7) is 16.6. The maximum absolute atomic E-state index is 5.47. The Morgan fingerprint density at radius 1 is 0.889 bits per heavy atom. The van der Waals surface area contributed by atoms with Gasteiger partial charge in [0.15, 0.2) is 0 Å². The van der Waals surface area contributed by atoms with E-state index in [9.17, 15) is 0 Å². The van der Waals surface area contributed by atoms with Crippen LogP contribution in [0.1, 0.15) is 34.6 Å². The quantitative estimate of drug-likeness (QED) is 0.554. The van der Waals surface area contributed by atoms with E-state index in [0.717, 1.165) is 32.8 Å². The zero-order chi connectivity index (χ0) is 13.9. The molecule has 110 valence electrons. The van der Waals surface area contributed by atoms with Gasteiger partial charge in [-0.1, -0.05) is 34.6 Å². The maximum atomic E-state index is 5.47. The molecule has 0 fully saturated rings. The number of hydrogen-bond donors (Lipinski definition) is 2. The summed E-state index contributed by atoms with van der Waals surface area (Å²) >= 11 is 0. The second kappa shape index (κ2) is 10.7. The van der Waals surface area contributed by atoms with Crippen molar-refractivity contribution in [3.8, 4) is 0 Å². The molecule has 0 aliphatic rings. The van der Waals surface area contributed by atoms with Gasteiger partial charge in [-0.05, 0) is 5.41 Å². The average molecular weight is 260 g/mol. The highest BCUT2D eigenvalue weighted by Gasteiger charge is 2.07. The van der Waals surface area contributed by atoms with Crippen LogP contribution in [0.4, 0.5) is 0 Å². The molecule has 0 saturated heterocycles. The van der Waals surface area contributed by atoms with Crippen LogP contribution < -0.4 is 10.6 Å². The molecule has 0 amide bonds. The minimum atomic E-state index is 0.340. The molecule has 0 aromatic heterocycles. The van der Waals surface area contributed by atoms with Gasteiger partial charge in [-0.15, -0.1) is 0 Å². The second-order valence-electron chi connectivity index (χ2n) is 6.07. The van der Waals surface area contributed by atoms with E-state index >= 15 is 0 Å². The fourth-order valence-electron chi connectivity index (χ4n) is 1.35. The lowest BCUT2D eigenvalue weighted by Crippen LogP contribution is -2.30. The first-order valence-corrected chi connectivity index (χ1v) is 7.01. The Morgan fingerprint density at radius 2 is 1.44 bits per heavy atom. The van der Waals surface area contributed by atoms with E-state index in [1.54, 1.807) is 0 Å². The van der Waals surface area contributed by atoms with Gasteiger partial charge in [0.05, 0.1) is 26.4 Å². The zero-order valence-electron chi connectivity index (χ0n) is 12.8. The first-order valence-electron chi connectivity index (χ1n) is 7.01. The van der Waals surface area contributed by atoms with E-state index in [-0.39, 0.29) is 0 Å². The summed E-state index contributed by atoms with van der Waals surface area (Å²) in [5.74, 6) is 0. The molecule has 0 aliphatic heterocycles. The van der Waals surface area contributed by atoms with E-state index in [2.05, 4.69) is 45.3 Å². The van der Waals surface area contributed by atoms with E-state index < -0.39 is 0 Å². The second-order valence-corrected chi connectivity index (χ2v) is 6.07. The van der Waals surface area contributed by atoms with Crippen LogP contribution in [0, 0.1) is 5.41 Å². The number of ether oxygens (including phenoxy) is 2. The first-order chi connectivity index (χ1) is 8.42. The predicted molar refractivity (Wildman–Crippen MR) is 77.1 cm³/mol. The van der Waals surface area contributed by atoms with Crippen LogP contribution >= 0.6 is 0 Å². The molecule has 0 heterocycles. The molecule has 4 heteroatoms. The minimum Gasteiger partial charge on any atom is -0.378 e. The molecule has 0 rings (SSSR count). The molecule has 0 aromatic carbocycles. The molecular weight excluding hydrogens is 228 g/mol. The Kier molecular flexibility index (Phi) is 10.6. The van der Waals surface area contributed by atoms with Crippen LogP contribution in [0.2, 0.25) is 0 Å². The maximum Gasteiger partial charge on any atom is 0.0701 e. The van der Waals surface area contributed by atoms with Gasteiger partial charge in [-0.2, -0.15) is 0 Å². The normalized spacial score (nSPS) is 12.3. The monoisotopic (exact) mass is 260 g/mol. The van der Waals surface area contributed by atoms with Crippen molar-refractivity contribution in [3.63, 3.8) is 0 Å². The highest BCUT2D eigenvalue weighted by atomic mass is 16.5. The summed E-state index contributed by atoms with van der Waals surface area (Å²) in [6, 6.07) is 0.527. The summed E-state index contributed by atoms with van der Waals surface area (Å²) in [7, 11) is 0. The first kappa shape index (κ1) is 17.8. The summed E-state index contributed by atoms with van der Waals surface area (Å²) < 4.78 is 10.9. The summed E-state index contributed by atoms with van der Waals surface area (Å²) in [4.78, 5) is 0. The lowest BCUT2D eigenvalue weighted by atomic mass is 9.97. The average Bonchev–Trinajstić information content (AvgIpc) is 2.24. The van der Waals surface area contributed by atoms with Crippen molar-refractivity contribution in [3.05, 3.63) is 0 Å². The molecule has 2 N–H and O–H groups in total. The van der Waals surface area contributed by atoms with Crippen LogP contribution in [0.3, 0.4) is 0 Å². The fraction of sp³-hybridized carbons (Fsp3) is 1.00. The SMILES string of the molecule is CC(C)NCCOCCOCCNCC(C)(C)C. The zero-order valence-corrected chi connectivity index (χ0v) is 12.8. The topological polar surface area (TPSA) is 42.5 Å². The number of hydrogen-bond acceptors (Lipinski definition) is 4. The molecular formula is C14H32N2O2. The Bertz CT molecular complexity index is 179. The molecule has 0 saturated carbocycles. The van der Waals surface area contributed by atoms with Crippen molar-refractivity contribution >= 4 is 0 Å². The fourth-order valence-corrected chi connectivity index (χ4v) is 1.35. The Labute approximate surface area is 113 Å². The van der Waals surface area contributed by atoms with Crippen molar-refractivity contribution in [1.29, 1.82) is 0 Å². The standard InChI is InChI=1S/C14H32N2O2/c1-13(2)16-7-9-18-11-10-17-8-6-15-12-14(3,4)5/h13,15-16H,6-12H2,1-5H3. The lowest BCUT2D eigenvalue weighted by Gasteiger charge is -2.18. The Morgan fingerprint density at radius 3 is 1.94 bits per heavy atom. The van der Waals surface area contributed by atoms with Gasteiger partial charge in [0.25, 0.3) is 0 Å². The molecule has 18 heavy (non-hydrogen) atoms. The van der Waals surface area contributed by atoms with Gasteiger partial charge in [0, 0.05) is 25.7 Å². The predicted octanol–water partition coefficient (Wildman–Crippen LogP) is 1.65. The van der Waals surface area contributed by atoms with Gasteiger partial charge in [-0.3, -0.25) is 0 Å². The van der Waals surface area contributed by atoms with E-state index in [1.807, 2.05) is 0 Å². The largest absolute Gasteiger partial charge is 0.378 e. The van der Waals surface area contributed by atoms with Crippen molar-refractivity contribution in [2.45, 2.75) is 40.7 Å². The van der Waals surface area contributed by atoms with Crippen molar-refractivity contribution < 1.29 is 9.47 Å². The van der Waals surface area contributed by atoms with Gasteiger partial charge < -0.3 is 20.1 Å². The van der Waals surface area contributed by atoms with Gasteiger partial charge in [0.2, 0.25) is 0 Å². The summed E-state index contributed by atoms with van der Waals surface area (Å²) in [5, 5.41) is 6.68. The molecule has 0 aromatic rings. The third kappa shape index (κ3) is 15.8. The van der Waals surface area contributed by atoms with Gasteiger partial charge in [-0.25, -0.2) is 0 Å². The van der Waals surface area contributed by atoms with E-state index in [1.165, 1.54) is 0 Å². The highest BCUT2D eigenvalue weighted by Crippen LogP contribution is 2.09. The van der Waals surface area contributed by atoms with Crippen molar-refractivity contribution in [1.82, 2.24) is 10.6 Å². The molecule has 0 atom stereocenters. The smallest absolute Gasteiger partial charge is 0.0701 e. The molecule has 0 aliphatic carbocycles. The van der Waals surface area contributed by atoms with E-state index in [4.69, 9.17) is 9.47 Å². The van der Waals surface area contributed by atoms with Crippen LogP contribution in [0.5, 0.6) is 0 Å². The van der Waals surface area contributed by atoms with Crippen LogP contribution in [-0.4, -0.2) is 52.1 Å². The molecule has 0 unspecified atom stereocenters. The summed E-state index contributed by atoms with van der Waals surface area (Å²) in [5.41, 5.74) is 0.340. The van der Waals surface area contributed by atoms with Crippen molar-refractivity contribution in [2.24, 2.45) is 5.41 Å². The van der Waals surface area contributed by atoms with Gasteiger partial charge >= 0.3 is 0 Å². The van der Waals surface area contributed by atoms with Gasteiger partial charge in [0.1, 0.15) is 0 Å². The highest BCUT2D eigenvalue weighted by molar-refractivity contribution is 4.64.